The first-order valence-corrected chi connectivity index (χ1v) is 3.51. The Morgan fingerprint density at radius 3 is 3.08 bits per heavy atom. The van der Waals surface area contributed by atoms with Crippen LogP contribution in [0.15, 0.2) is 35.3 Å². The molecule has 0 aliphatic heterocycles. The summed E-state index contributed by atoms with van der Waals surface area (Å²) in [4.78, 5) is 0. The topological polar surface area (TPSA) is 53.2 Å². The molecule has 1 aliphatic carbocycles. The van der Waals surface area contributed by atoms with Gasteiger partial charge in [0.2, 0.25) is 0 Å². The van der Waals surface area contributed by atoms with Gasteiger partial charge in [0.25, 0.3) is 0 Å². The van der Waals surface area contributed by atoms with Crippen molar-refractivity contribution < 1.29 is 9.84 Å². The first kappa shape index (κ1) is 8.41. The molecule has 0 atom stereocenters. The molecule has 0 heterocycles. The van der Waals surface area contributed by atoms with Crippen LogP contribution in [0.5, 0.6) is 0 Å². The number of ether oxygens (including phenoxy) is 1. The van der Waals surface area contributed by atoms with Gasteiger partial charge in [0, 0.05) is 6.08 Å². The minimum absolute atomic E-state index is 0.132. The molecule has 0 aromatic heterocycles. The molecular formula is C9H9NO2. The third kappa shape index (κ3) is 1.67. The number of nitrogens with zero attached hydrogens (tertiary/aromatic N) is 1. The Bertz CT molecular complexity index is 305. The molecule has 0 aromatic rings. The second-order valence-corrected chi connectivity index (χ2v) is 2.35. The molecule has 12 heavy (non-hydrogen) atoms. The van der Waals surface area contributed by atoms with Gasteiger partial charge < -0.3 is 9.84 Å². The molecule has 62 valence electrons. The van der Waals surface area contributed by atoms with Crippen LogP contribution in [-0.2, 0) is 4.74 Å². The van der Waals surface area contributed by atoms with Crippen LogP contribution in [-0.4, -0.2) is 12.2 Å². The number of allylic oxidation sites excluding steroid dienone is 4. The van der Waals surface area contributed by atoms with Crippen LogP contribution in [0.25, 0.3) is 0 Å². The second-order valence-electron chi connectivity index (χ2n) is 2.35. The van der Waals surface area contributed by atoms with Crippen LogP contribution in [0.2, 0.25) is 0 Å². The van der Waals surface area contributed by atoms with Gasteiger partial charge in [-0.05, 0) is 24.1 Å². The Labute approximate surface area is 70.9 Å². The van der Waals surface area contributed by atoms with Gasteiger partial charge in [-0.15, -0.1) is 0 Å². The van der Waals surface area contributed by atoms with Crippen LogP contribution in [0.1, 0.15) is 6.42 Å². The van der Waals surface area contributed by atoms with Crippen molar-refractivity contribution in [3.63, 3.8) is 0 Å². The van der Waals surface area contributed by atoms with E-state index in [4.69, 9.17) is 10.00 Å². The van der Waals surface area contributed by atoms with E-state index in [2.05, 4.69) is 0 Å². The van der Waals surface area contributed by atoms with Gasteiger partial charge in [0.15, 0.2) is 11.5 Å². The third-order valence-corrected chi connectivity index (χ3v) is 1.57. The maximum Gasteiger partial charge on any atom is 0.160 e. The van der Waals surface area contributed by atoms with Gasteiger partial charge in [0.1, 0.15) is 0 Å². The van der Waals surface area contributed by atoms with Gasteiger partial charge in [-0.25, -0.2) is 0 Å². The summed E-state index contributed by atoms with van der Waals surface area (Å²) in [6.45, 7) is 0. The number of nitriles is 1. The largest absolute Gasteiger partial charge is 0.504 e. The summed E-state index contributed by atoms with van der Waals surface area (Å²) in [7, 11) is 1.48. The number of hydrogen-bond donors (Lipinski definition) is 1. The summed E-state index contributed by atoms with van der Waals surface area (Å²) in [6.07, 6.45) is 5.27. The zero-order chi connectivity index (χ0) is 8.97. The summed E-state index contributed by atoms with van der Waals surface area (Å²) < 4.78 is 4.87. The van der Waals surface area contributed by atoms with Crippen LogP contribution >= 0.6 is 0 Å². The predicted octanol–water partition coefficient (Wildman–Crippen LogP) is 1.81. The Hall–Kier alpha value is -1.69. The van der Waals surface area contributed by atoms with Crippen LogP contribution < -0.4 is 0 Å². The number of methoxy groups -OCH3 is 1. The minimum atomic E-state index is 0.132. The maximum atomic E-state index is 9.21. The second kappa shape index (κ2) is 3.63. The van der Waals surface area contributed by atoms with Crippen molar-refractivity contribution in [1.82, 2.24) is 0 Å². The molecule has 1 aliphatic rings. The molecule has 0 amide bonds. The summed E-state index contributed by atoms with van der Waals surface area (Å²) in [5.74, 6) is 0.537. The fourth-order valence-corrected chi connectivity index (χ4v) is 0.963. The van der Waals surface area contributed by atoms with Crippen molar-refractivity contribution in [3.8, 4) is 6.07 Å². The van der Waals surface area contributed by atoms with Crippen molar-refractivity contribution in [2.75, 3.05) is 7.11 Å². The van der Waals surface area contributed by atoms with E-state index in [1.54, 1.807) is 12.2 Å². The van der Waals surface area contributed by atoms with E-state index in [1.165, 1.54) is 13.2 Å². The van der Waals surface area contributed by atoms with Crippen molar-refractivity contribution in [3.05, 3.63) is 35.3 Å². The molecule has 3 heteroatoms. The molecule has 1 rings (SSSR count). The van der Waals surface area contributed by atoms with Gasteiger partial charge in [-0.1, -0.05) is 0 Å². The lowest BCUT2D eigenvalue weighted by Crippen LogP contribution is -1.98. The monoisotopic (exact) mass is 163 g/mol. The van der Waals surface area contributed by atoms with E-state index >= 15 is 0 Å². The van der Waals surface area contributed by atoms with Crippen LogP contribution in [0, 0.1) is 11.3 Å². The van der Waals surface area contributed by atoms with Gasteiger partial charge in [-0.3, -0.25) is 0 Å². The normalized spacial score (nSPS) is 19.5. The Balaban J connectivity index is 2.89. The fraction of sp³-hybridized carbons (Fsp3) is 0.222. The Morgan fingerprint density at radius 1 is 1.75 bits per heavy atom. The zero-order valence-corrected chi connectivity index (χ0v) is 6.74. The van der Waals surface area contributed by atoms with Crippen molar-refractivity contribution in [1.29, 1.82) is 5.26 Å². The lowest BCUT2D eigenvalue weighted by atomic mass is 10.1. The molecule has 1 N–H and O–H groups in total. The lowest BCUT2D eigenvalue weighted by Gasteiger charge is -2.10. The molecule has 0 radical (unpaired) electrons. The number of aliphatic hydroxyl groups excluding tert-OH is 1. The highest BCUT2D eigenvalue weighted by Crippen LogP contribution is 2.20. The molecule has 0 fully saturated rings. The molecule has 3 nitrogen and oxygen atoms in total. The quantitative estimate of drug-likeness (QED) is 0.600. The first-order chi connectivity index (χ1) is 5.77. The molecule has 0 bridgehead atoms. The van der Waals surface area contributed by atoms with E-state index in [-0.39, 0.29) is 5.76 Å². The van der Waals surface area contributed by atoms with Gasteiger partial charge >= 0.3 is 0 Å². The highest BCUT2D eigenvalue weighted by Gasteiger charge is 2.09. The van der Waals surface area contributed by atoms with Gasteiger partial charge in [-0.2, -0.15) is 5.26 Å². The number of rotatable bonds is 1. The smallest absolute Gasteiger partial charge is 0.160 e. The SMILES string of the molecule is COC1=CC(=CC#N)CC=C1O. The Kier molecular flexibility index (Phi) is 2.54. The van der Waals surface area contributed by atoms with E-state index < -0.39 is 0 Å². The summed E-state index contributed by atoms with van der Waals surface area (Å²) in [5.41, 5.74) is 0.840. The van der Waals surface area contributed by atoms with E-state index in [1.807, 2.05) is 6.07 Å². The van der Waals surface area contributed by atoms with Gasteiger partial charge in [0.05, 0.1) is 13.2 Å². The summed E-state index contributed by atoms with van der Waals surface area (Å²) >= 11 is 0. The minimum Gasteiger partial charge on any atom is -0.504 e. The van der Waals surface area contributed by atoms with Crippen LogP contribution in [0.4, 0.5) is 0 Å². The van der Waals surface area contributed by atoms with Crippen LogP contribution in [0.3, 0.4) is 0 Å². The molecule has 0 unspecified atom stereocenters. The predicted molar refractivity (Wildman–Crippen MR) is 44.1 cm³/mol. The lowest BCUT2D eigenvalue weighted by molar-refractivity contribution is 0.253. The third-order valence-electron chi connectivity index (χ3n) is 1.57. The van der Waals surface area contributed by atoms with E-state index in [9.17, 15) is 5.11 Å². The molecule has 0 saturated heterocycles. The summed E-state index contributed by atoms with van der Waals surface area (Å²) in [6, 6.07) is 1.92. The van der Waals surface area contributed by atoms with Crippen molar-refractivity contribution in [2.24, 2.45) is 0 Å². The van der Waals surface area contributed by atoms with E-state index in [0.717, 1.165) is 5.57 Å². The average Bonchev–Trinajstić information content (AvgIpc) is 2.09. The highest BCUT2D eigenvalue weighted by atomic mass is 16.5. The fourth-order valence-electron chi connectivity index (χ4n) is 0.963. The number of hydrogen-bond acceptors (Lipinski definition) is 3. The highest BCUT2D eigenvalue weighted by molar-refractivity contribution is 5.38. The maximum absolute atomic E-state index is 9.21. The van der Waals surface area contributed by atoms with Crippen molar-refractivity contribution >= 4 is 0 Å². The molecule has 0 spiro atoms. The first-order valence-electron chi connectivity index (χ1n) is 3.51. The Morgan fingerprint density at radius 2 is 2.50 bits per heavy atom. The molecular weight excluding hydrogens is 154 g/mol. The molecule has 0 aromatic carbocycles. The number of aliphatic hydroxyl groups is 1. The van der Waals surface area contributed by atoms with Crippen molar-refractivity contribution in [2.45, 2.75) is 6.42 Å². The average molecular weight is 163 g/mol. The zero-order valence-electron chi connectivity index (χ0n) is 6.74. The summed E-state index contributed by atoms with van der Waals surface area (Å²) in [5, 5.41) is 17.6. The molecule has 0 saturated carbocycles. The van der Waals surface area contributed by atoms with E-state index in [0.29, 0.717) is 12.2 Å². The standard InChI is InChI=1S/C9H9NO2/c1-12-9-6-7(4-5-10)2-3-8(9)11/h3-4,6,11H,2H2,1H3.